The van der Waals surface area contributed by atoms with Gasteiger partial charge in [-0.1, -0.05) is 36.3 Å². The average molecular weight is 448 g/mol. The highest BCUT2D eigenvalue weighted by atomic mass is 32.2. The number of β-amino-alcohol motifs (C(OH)–C–C–N with tert-alkyl or cyclic N) is 2. The van der Waals surface area contributed by atoms with Gasteiger partial charge in [-0.15, -0.1) is 4.72 Å². The Morgan fingerprint density at radius 2 is 1.87 bits per heavy atom. The normalized spacial score (nSPS) is 18.6. The minimum atomic E-state index is -2.99. The van der Waals surface area contributed by atoms with Gasteiger partial charge in [0.2, 0.25) is 0 Å². The van der Waals surface area contributed by atoms with Gasteiger partial charge in [-0.05, 0) is 28.8 Å². The zero-order valence-electron chi connectivity index (χ0n) is 17.3. The molecule has 0 radical (unpaired) electrons. The summed E-state index contributed by atoms with van der Waals surface area (Å²) in [5, 5.41) is 19.2. The molecule has 3 rings (SSSR count). The Balaban J connectivity index is 1.93. The van der Waals surface area contributed by atoms with Crippen molar-refractivity contribution in [1.29, 1.82) is 0 Å². The van der Waals surface area contributed by atoms with Crippen LogP contribution in [0, 0.1) is 11.8 Å². The molecule has 0 aromatic heterocycles. The van der Waals surface area contributed by atoms with Gasteiger partial charge in [0.05, 0.1) is 43.8 Å². The Hall–Kier alpha value is -2.44. The number of amides is 1. The van der Waals surface area contributed by atoms with Crippen molar-refractivity contribution in [3.05, 3.63) is 59.2 Å². The topological polar surface area (TPSA) is 72.8 Å². The number of carbonyl (C=O) groups is 1. The monoisotopic (exact) mass is 447 g/mol. The van der Waals surface area contributed by atoms with Crippen molar-refractivity contribution >= 4 is 17.9 Å². The molecule has 1 heterocycles. The second kappa shape index (κ2) is 9.79. The highest BCUT2D eigenvalue weighted by Crippen LogP contribution is 2.37. The number of nitrogens with zero attached hydrogens (tertiary/aromatic N) is 1. The molecule has 5 nitrogen and oxygen atoms in total. The van der Waals surface area contributed by atoms with E-state index in [0.717, 1.165) is 24.4 Å². The first-order chi connectivity index (χ1) is 14.7. The first-order valence-corrected chi connectivity index (χ1v) is 11.1. The van der Waals surface area contributed by atoms with Gasteiger partial charge < -0.3 is 15.1 Å². The molecule has 164 valence electrons. The number of halogens is 2. The van der Waals surface area contributed by atoms with E-state index in [2.05, 4.69) is 16.6 Å². The van der Waals surface area contributed by atoms with Crippen LogP contribution in [0.1, 0.15) is 23.6 Å². The number of nitrogens with one attached hydrogen (secondary N) is 1. The molecule has 2 aromatic carbocycles. The molecule has 0 spiro atoms. The maximum absolute atomic E-state index is 14.2. The van der Waals surface area contributed by atoms with Gasteiger partial charge >= 0.3 is 0 Å². The zero-order valence-corrected chi connectivity index (χ0v) is 18.2. The third kappa shape index (κ3) is 5.63. The molecule has 0 unspecified atom stereocenters. The number of aliphatic hydroxyl groups is 2. The lowest BCUT2D eigenvalue weighted by Crippen LogP contribution is -2.28. The van der Waals surface area contributed by atoms with Gasteiger partial charge in [-0.2, -0.15) is 0 Å². The fraction of sp³-hybridized carbons (Fsp3) is 0.348. The molecule has 2 aromatic rings. The maximum Gasteiger partial charge on any atom is 0.299 e. The van der Waals surface area contributed by atoms with E-state index < -0.39 is 24.0 Å². The van der Waals surface area contributed by atoms with Gasteiger partial charge in [0.25, 0.3) is 11.8 Å². The summed E-state index contributed by atoms with van der Waals surface area (Å²) in [7, 11) is 0. The van der Waals surface area contributed by atoms with Crippen LogP contribution in [0.2, 0.25) is 0 Å². The summed E-state index contributed by atoms with van der Waals surface area (Å²) in [6.07, 6.45) is -0.00459. The van der Waals surface area contributed by atoms with E-state index in [-0.39, 0.29) is 18.7 Å². The molecule has 0 saturated carbocycles. The van der Waals surface area contributed by atoms with E-state index >= 15 is 0 Å². The number of benzene rings is 2. The minimum Gasteiger partial charge on any atom is -0.388 e. The summed E-state index contributed by atoms with van der Waals surface area (Å²) >= 11 is 0.941. The highest BCUT2D eigenvalue weighted by Gasteiger charge is 2.32. The Labute approximate surface area is 184 Å². The van der Waals surface area contributed by atoms with Crippen molar-refractivity contribution in [3.63, 3.8) is 0 Å². The zero-order chi connectivity index (χ0) is 22.6. The second-order valence-corrected chi connectivity index (χ2v) is 8.22. The van der Waals surface area contributed by atoms with Crippen molar-refractivity contribution in [2.45, 2.75) is 31.6 Å². The number of likely N-dealkylation sites (tertiary alicyclic amines) is 1. The fourth-order valence-electron chi connectivity index (χ4n) is 3.49. The molecule has 31 heavy (non-hydrogen) atoms. The van der Waals surface area contributed by atoms with Gasteiger partial charge in [-0.3, -0.25) is 4.79 Å². The minimum absolute atomic E-state index is 0.0420. The van der Waals surface area contributed by atoms with Crippen LogP contribution in [-0.2, 0) is 29.2 Å². The molecule has 1 saturated heterocycles. The number of hydrogen-bond donors (Lipinski definition) is 3. The summed E-state index contributed by atoms with van der Waals surface area (Å²) < 4.78 is 31.5. The van der Waals surface area contributed by atoms with Crippen LogP contribution in [0.5, 0.6) is 0 Å². The SMILES string of the molecule is C[SH+]NCc1cc(C#CC(=O)N2C[C@@H](O)[C@@H](O)C2)ccc1-c1ccccc1C(C)(F)F. The molecular formula is C23H25F2N2O3S+. The molecule has 3 N–H and O–H groups in total. The molecule has 8 heteroatoms. The number of thiol groups is 1. The molecule has 1 fully saturated rings. The molecule has 0 aliphatic carbocycles. The average Bonchev–Trinajstić information content (AvgIpc) is 3.08. The Morgan fingerprint density at radius 1 is 1.19 bits per heavy atom. The Bertz CT molecular complexity index is 1000. The van der Waals surface area contributed by atoms with Crippen LogP contribution in [0.25, 0.3) is 11.1 Å². The molecule has 1 aliphatic heterocycles. The van der Waals surface area contributed by atoms with E-state index in [1.807, 2.05) is 6.26 Å². The Morgan fingerprint density at radius 3 is 2.52 bits per heavy atom. The van der Waals surface area contributed by atoms with E-state index in [9.17, 15) is 23.8 Å². The van der Waals surface area contributed by atoms with Crippen molar-refractivity contribution < 1.29 is 23.8 Å². The summed E-state index contributed by atoms with van der Waals surface area (Å²) in [4.78, 5) is 13.5. The van der Waals surface area contributed by atoms with Gasteiger partial charge in [0.1, 0.15) is 6.26 Å². The summed E-state index contributed by atoms with van der Waals surface area (Å²) in [5.74, 6) is 1.87. The van der Waals surface area contributed by atoms with Crippen molar-refractivity contribution in [1.82, 2.24) is 9.62 Å². The standard InChI is InChI=1S/C23H24F2N2O3S/c1-23(24,25)19-6-4-3-5-18(19)17-9-7-15(11-16(17)12-26-31-2)8-10-22(30)27-13-20(28)21(29)14-27/h3-7,9,11,20-21,26,28-29H,12-14H2,1-2H3/p+1/t20-,21+. The molecule has 1 aliphatic rings. The molecule has 2 atom stereocenters. The lowest BCUT2D eigenvalue weighted by Gasteiger charge is -2.18. The van der Waals surface area contributed by atoms with Crippen LogP contribution in [0.15, 0.2) is 42.5 Å². The smallest absolute Gasteiger partial charge is 0.299 e. The second-order valence-electron chi connectivity index (χ2n) is 7.46. The lowest BCUT2D eigenvalue weighted by molar-refractivity contribution is -0.124. The van der Waals surface area contributed by atoms with Crippen LogP contribution < -0.4 is 4.72 Å². The Kier molecular flexibility index (Phi) is 7.34. The molecule has 1 amide bonds. The summed E-state index contributed by atoms with van der Waals surface area (Å²) in [6.45, 7) is 1.41. The first-order valence-electron chi connectivity index (χ1n) is 9.80. The van der Waals surface area contributed by atoms with Gasteiger partial charge in [-0.25, -0.2) is 8.78 Å². The van der Waals surface area contributed by atoms with Crippen LogP contribution in [-0.4, -0.2) is 52.6 Å². The lowest BCUT2D eigenvalue weighted by atomic mass is 9.92. The third-order valence-corrected chi connectivity index (χ3v) is 5.56. The first kappa shape index (κ1) is 23.2. The highest BCUT2D eigenvalue weighted by molar-refractivity contribution is 7.75. The van der Waals surface area contributed by atoms with Crippen molar-refractivity contribution in [2.75, 3.05) is 19.3 Å². The predicted molar refractivity (Wildman–Crippen MR) is 118 cm³/mol. The number of alkyl halides is 2. The van der Waals surface area contributed by atoms with Crippen LogP contribution in [0.3, 0.4) is 0 Å². The van der Waals surface area contributed by atoms with Crippen molar-refractivity contribution in [2.24, 2.45) is 0 Å². The third-order valence-electron chi connectivity index (χ3n) is 5.08. The van der Waals surface area contributed by atoms with E-state index in [1.165, 1.54) is 11.0 Å². The quantitative estimate of drug-likeness (QED) is 0.372. The van der Waals surface area contributed by atoms with Crippen LogP contribution in [0.4, 0.5) is 8.78 Å². The molecule has 0 bridgehead atoms. The molecular weight excluding hydrogens is 422 g/mol. The summed E-state index contributed by atoms with van der Waals surface area (Å²) in [6, 6.07) is 11.6. The van der Waals surface area contributed by atoms with Gasteiger partial charge in [0.15, 0.2) is 0 Å². The van der Waals surface area contributed by atoms with E-state index in [0.29, 0.717) is 23.2 Å². The van der Waals surface area contributed by atoms with Crippen LogP contribution >= 0.6 is 0 Å². The largest absolute Gasteiger partial charge is 0.388 e. The number of carbonyl (C=O) groups excluding carboxylic acids is 1. The maximum atomic E-state index is 14.2. The number of aliphatic hydroxyl groups excluding tert-OH is 2. The predicted octanol–water partition coefficient (Wildman–Crippen LogP) is 1.83. The van der Waals surface area contributed by atoms with Crippen molar-refractivity contribution in [3.8, 4) is 23.0 Å². The van der Waals surface area contributed by atoms with Gasteiger partial charge in [0, 0.05) is 24.0 Å². The number of rotatable bonds is 5. The van der Waals surface area contributed by atoms with E-state index in [1.54, 1.807) is 36.4 Å². The van der Waals surface area contributed by atoms with E-state index in [4.69, 9.17) is 0 Å². The summed E-state index contributed by atoms with van der Waals surface area (Å²) in [5.41, 5.74) is 2.44. The fourth-order valence-corrected chi connectivity index (χ4v) is 3.81. The number of hydrogen-bond acceptors (Lipinski definition) is 4.